The van der Waals surface area contributed by atoms with Crippen molar-refractivity contribution in [2.75, 3.05) is 38.2 Å². The summed E-state index contributed by atoms with van der Waals surface area (Å²) in [5.74, 6) is 0.626. The zero-order valence-corrected chi connectivity index (χ0v) is 14.6. The summed E-state index contributed by atoms with van der Waals surface area (Å²) in [6.07, 6.45) is 0.658. The summed E-state index contributed by atoms with van der Waals surface area (Å²) in [7, 11) is 1.69. The van der Waals surface area contributed by atoms with Crippen molar-refractivity contribution in [2.24, 2.45) is 5.73 Å². The number of benzene rings is 2. The molecule has 5 nitrogen and oxygen atoms in total. The molecule has 0 aliphatic carbocycles. The molecule has 2 aromatic carbocycles. The number of anilines is 1. The van der Waals surface area contributed by atoms with Gasteiger partial charge in [-0.2, -0.15) is 0 Å². The summed E-state index contributed by atoms with van der Waals surface area (Å²) in [6, 6.07) is 17.8. The molecule has 1 unspecified atom stereocenters. The molecule has 1 atom stereocenters. The molecule has 1 saturated heterocycles. The quantitative estimate of drug-likeness (QED) is 0.873. The fourth-order valence-corrected chi connectivity index (χ4v) is 3.41. The molecule has 1 fully saturated rings. The molecule has 2 aromatic rings. The van der Waals surface area contributed by atoms with Crippen LogP contribution in [0.15, 0.2) is 54.6 Å². The first-order valence-corrected chi connectivity index (χ1v) is 8.64. The number of hydrogen-bond donors (Lipinski definition) is 1. The lowest BCUT2D eigenvalue weighted by atomic mass is 10.0. The van der Waals surface area contributed by atoms with E-state index in [4.69, 9.17) is 10.5 Å². The minimum atomic E-state index is -0.262. The van der Waals surface area contributed by atoms with E-state index in [2.05, 4.69) is 15.9 Å². The molecule has 132 valence electrons. The predicted molar refractivity (Wildman–Crippen MR) is 99.9 cm³/mol. The number of hydrogen-bond acceptors (Lipinski definition) is 4. The van der Waals surface area contributed by atoms with E-state index in [-0.39, 0.29) is 11.9 Å². The van der Waals surface area contributed by atoms with Crippen molar-refractivity contribution in [3.8, 4) is 5.75 Å². The van der Waals surface area contributed by atoms with Gasteiger partial charge in [0, 0.05) is 26.2 Å². The predicted octanol–water partition coefficient (Wildman–Crippen LogP) is 1.91. The fraction of sp³-hybridized carbons (Fsp3) is 0.350. The van der Waals surface area contributed by atoms with Crippen LogP contribution in [0, 0.1) is 0 Å². The lowest BCUT2D eigenvalue weighted by molar-refractivity contribution is -0.123. The number of rotatable bonds is 6. The third-order valence-electron chi connectivity index (χ3n) is 4.78. The first-order valence-electron chi connectivity index (χ1n) is 8.64. The zero-order valence-electron chi connectivity index (χ0n) is 14.6. The van der Waals surface area contributed by atoms with E-state index in [0.717, 1.165) is 43.2 Å². The van der Waals surface area contributed by atoms with Crippen molar-refractivity contribution < 1.29 is 9.53 Å². The van der Waals surface area contributed by atoms with E-state index in [9.17, 15) is 4.79 Å². The number of nitrogens with two attached hydrogens (primary N) is 1. The molecule has 2 N–H and O–H groups in total. The molecule has 1 amide bonds. The van der Waals surface area contributed by atoms with Gasteiger partial charge in [0.2, 0.25) is 5.91 Å². The van der Waals surface area contributed by atoms with E-state index in [1.807, 2.05) is 48.5 Å². The molecule has 0 radical (unpaired) electrons. The molecule has 0 aromatic heterocycles. The van der Waals surface area contributed by atoms with Crippen molar-refractivity contribution in [3.05, 3.63) is 60.2 Å². The summed E-state index contributed by atoms with van der Waals surface area (Å²) < 4.78 is 5.46. The number of nitrogens with zero attached hydrogens (tertiary/aromatic N) is 2. The second kappa shape index (κ2) is 8.03. The molecule has 0 spiro atoms. The number of piperazine rings is 1. The Labute approximate surface area is 149 Å². The number of amides is 1. The molecule has 1 aliphatic rings. The van der Waals surface area contributed by atoms with Gasteiger partial charge in [-0.1, -0.05) is 42.5 Å². The fourth-order valence-electron chi connectivity index (χ4n) is 3.41. The Morgan fingerprint density at radius 2 is 1.68 bits per heavy atom. The third kappa shape index (κ3) is 4.12. The van der Waals surface area contributed by atoms with Gasteiger partial charge in [-0.3, -0.25) is 9.69 Å². The summed E-state index contributed by atoms with van der Waals surface area (Å²) >= 11 is 0. The number of ether oxygens (including phenoxy) is 1. The van der Waals surface area contributed by atoms with E-state index in [1.165, 1.54) is 0 Å². The zero-order chi connectivity index (χ0) is 17.6. The maximum absolute atomic E-state index is 12.0. The summed E-state index contributed by atoms with van der Waals surface area (Å²) in [5.41, 5.74) is 7.93. The van der Waals surface area contributed by atoms with E-state index in [1.54, 1.807) is 7.11 Å². The van der Waals surface area contributed by atoms with Crippen LogP contribution < -0.4 is 15.4 Å². The number of carbonyl (C=O) groups is 1. The Morgan fingerprint density at radius 3 is 2.32 bits per heavy atom. The third-order valence-corrected chi connectivity index (χ3v) is 4.78. The highest BCUT2D eigenvalue weighted by Crippen LogP contribution is 2.28. The van der Waals surface area contributed by atoms with Crippen LogP contribution in [0.2, 0.25) is 0 Å². The van der Waals surface area contributed by atoms with Crippen LogP contribution in [0.1, 0.15) is 5.56 Å². The highest BCUT2D eigenvalue weighted by molar-refractivity contribution is 5.80. The standard InChI is InChI=1S/C20H25N3O2/c1-25-19-10-6-5-9-17(19)22-11-13-23(14-12-22)18(20(21)24)15-16-7-3-2-4-8-16/h2-10,18H,11-15H2,1H3,(H2,21,24). The maximum atomic E-state index is 12.0. The van der Waals surface area contributed by atoms with Gasteiger partial charge in [-0.25, -0.2) is 0 Å². The molecule has 0 saturated carbocycles. The lowest BCUT2D eigenvalue weighted by Gasteiger charge is -2.39. The minimum Gasteiger partial charge on any atom is -0.495 e. The van der Waals surface area contributed by atoms with Crippen LogP contribution in [-0.4, -0.2) is 50.1 Å². The lowest BCUT2D eigenvalue weighted by Crippen LogP contribution is -2.55. The van der Waals surface area contributed by atoms with E-state index in [0.29, 0.717) is 6.42 Å². The number of primary amides is 1. The average Bonchev–Trinajstić information content (AvgIpc) is 2.67. The average molecular weight is 339 g/mol. The number of carbonyl (C=O) groups excluding carboxylic acids is 1. The Morgan fingerprint density at radius 1 is 1.04 bits per heavy atom. The second-order valence-electron chi connectivity index (χ2n) is 6.30. The van der Waals surface area contributed by atoms with Crippen molar-refractivity contribution in [2.45, 2.75) is 12.5 Å². The minimum absolute atomic E-state index is 0.255. The smallest absolute Gasteiger partial charge is 0.235 e. The molecule has 25 heavy (non-hydrogen) atoms. The van der Waals surface area contributed by atoms with Gasteiger partial charge in [0.05, 0.1) is 18.8 Å². The number of para-hydroxylation sites is 2. The highest BCUT2D eigenvalue weighted by Gasteiger charge is 2.28. The van der Waals surface area contributed by atoms with Crippen molar-refractivity contribution in [1.82, 2.24) is 4.90 Å². The topological polar surface area (TPSA) is 58.8 Å². The van der Waals surface area contributed by atoms with Crippen molar-refractivity contribution in [1.29, 1.82) is 0 Å². The van der Waals surface area contributed by atoms with Gasteiger partial charge >= 0.3 is 0 Å². The maximum Gasteiger partial charge on any atom is 0.235 e. The van der Waals surface area contributed by atoms with Gasteiger partial charge in [0.25, 0.3) is 0 Å². The first-order chi connectivity index (χ1) is 12.2. The Kier molecular flexibility index (Phi) is 5.56. The van der Waals surface area contributed by atoms with Crippen LogP contribution >= 0.6 is 0 Å². The summed E-state index contributed by atoms with van der Waals surface area (Å²) in [6.45, 7) is 3.30. The van der Waals surface area contributed by atoms with Gasteiger partial charge in [-0.15, -0.1) is 0 Å². The van der Waals surface area contributed by atoms with Gasteiger partial charge < -0.3 is 15.4 Å². The molecular formula is C20H25N3O2. The SMILES string of the molecule is COc1ccccc1N1CCN(C(Cc2ccccc2)C(N)=O)CC1. The molecule has 1 aliphatic heterocycles. The van der Waals surface area contributed by atoms with Gasteiger partial charge in [0.15, 0.2) is 0 Å². The van der Waals surface area contributed by atoms with Crippen LogP contribution in [0.25, 0.3) is 0 Å². The van der Waals surface area contributed by atoms with Gasteiger partial charge in [-0.05, 0) is 24.1 Å². The monoisotopic (exact) mass is 339 g/mol. The van der Waals surface area contributed by atoms with Crippen molar-refractivity contribution >= 4 is 11.6 Å². The Hall–Kier alpha value is -2.53. The van der Waals surface area contributed by atoms with Crippen LogP contribution in [0.3, 0.4) is 0 Å². The van der Waals surface area contributed by atoms with Crippen molar-refractivity contribution in [3.63, 3.8) is 0 Å². The summed E-state index contributed by atoms with van der Waals surface area (Å²) in [4.78, 5) is 16.5. The molecule has 1 heterocycles. The second-order valence-corrected chi connectivity index (χ2v) is 6.30. The van der Waals surface area contributed by atoms with Crippen LogP contribution in [-0.2, 0) is 11.2 Å². The molecule has 0 bridgehead atoms. The molecule has 3 rings (SSSR count). The van der Waals surface area contributed by atoms with E-state index >= 15 is 0 Å². The van der Waals surface area contributed by atoms with Crippen LogP contribution in [0.4, 0.5) is 5.69 Å². The first kappa shape index (κ1) is 17.3. The number of methoxy groups -OCH3 is 1. The normalized spacial score (nSPS) is 16.4. The largest absolute Gasteiger partial charge is 0.495 e. The van der Waals surface area contributed by atoms with E-state index < -0.39 is 0 Å². The van der Waals surface area contributed by atoms with Crippen LogP contribution in [0.5, 0.6) is 5.75 Å². The highest BCUT2D eigenvalue weighted by atomic mass is 16.5. The molecular weight excluding hydrogens is 314 g/mol. The van der Waals surface area contributed by atoms with Gasteiger partial charge in [0.1, 0.15) is 5.75 Å². The molecule has 5 heteroatoms. The Bertz CT molecular complexity index is 697. The summed E-state index contributed by atoms with van der Waals surface area (Å²) in [5, 5.41) is 0. The Balaban J connectivity index is 1.66.